The van der Waals surface area contributed by atoms with Gasteiger partial charge < -0.3 is 0 Å². The van der Waals surface area contributed by atoms with E-state index in [9.17, 15) is 9.59 Å². The lowest BCUT2D eigenvalue weighted by molar-refractivity contribution is 0.0799. The smallest absolute Gasteiger partial charge is 0.259 e. The van der Waals surface area contributed by atoms with Crippen LogP contribution in [0.15, 0.2) is 36.4 Å². The van der Waals surface area contributed by atoms with Gasteiger partial charge >= 0.3 is 0 Å². The van der Waals surface area contributed by atoms with Crippen LogP contribution in [0.1, 0.15) is 98.1 Å². The van der Waals surface area contributed by atoms with E-state index in [1.807, 2.05) is 13.8 Å². The van der Waals surface area contributed by atoms with Crippen molar-refractivity contribution in [2.24, 2.45) is 0 Å². The summed E-state index contributed by atoms with van der Waals surface area (Å²) >= 11 is 11.7. The Morgan fingerprint density at radius 3 is 1.36 bits per heavy atom. The number of rotatable bonds is 8. The van der Waals surface area contributed by atoms with Crippen LogP contribution in [-0.2, 0) is 0 Å². The molecule has 0 unspecified atom stereocenters. The Labute approximate surface area is 265 Å². The van der Waals surface area contributed by atoms with Gasteiger partial charge in [-0.1, -0.05) is 76.1 Å². The minimum Gasteiger partial charge on any atom is -0.296 e. The summed E-state index contributed by atoms with van der Waals surface area (Å²) in [6.45, 7) is 8.12. The lowest BCUT2D eigenvalue weighted by Gasteiger charge is -2.36. The fraction of sp³-hybridized carbons (Fsp3) is 0.333. The van der Waals surface area contributed by atoms with Crippen LogP contribution in [0.2, 0.25) is 0 Å². The van der Waals surface area contributed by atoms with Gasteiger partial charge in [0.15, 0.2) is 0 Å². The quantitative estimate of drug-likeness (QED) is 0.0978. The lowest BCUT2D eigenvalue weighted by atomic mass is 9.81. The van der Waals surface area contributed by atoms with E-state index >= 15 is 8.78 Å². The van der Waals surface area contributed by atoms with Gasteiger partial charge in [0.2, 0.25) is 0 Å². The summed E-state index contributed by atoms with van der Waals surface area (Å²) in [4.78, 5) is 31.6. The van der Waals surface area contributed by atoms with E-state index in [-0.39, 0.29) is 34.7 Å². The van der Waals surface area contributed by atoms with Crippen molar-refractivity contribution in [1.82, 2.24) is 9.80 Å². The minimum absolute atomic E-state index is 0.145. The zero-order valence-electron chi connectivity index (χ0n) is 25.1. The number of fused-ring (bicyclic) bond motifs is 2. The topological polar surface area (TPSA) is 40.6 Å². The first-order valence-electron chi connectivity index (χ1n) is 15.5. The summed E-state index contributed by atoms with van der Waals surface area (Å²) in [5.74, 6) is -1.45. The molecule has 2 heterocycles. The molecule has 0 saturated carbocycles. The summed E-state index contributed by atoms with van der Waals surface area (Å²) in [7, 11) is 0. The van der Waals surface area contributed by atoms with Crippen LogP contribution in [0.4, 0.5) is 8.78 Å². The van der Waals surface area contributed by atoms with Crippen LogP contribution in [-0.4, -0.2) is 43.7 Å². The standard InChI is InChI=1S/C36H32F2N2O2S2/c1-5-7-9-17(3)39-33(41)21-13-11-19-30-26(38)16-24-28-22(34(42)40(36(24)44)18(4)10-8-6-2)14-12-20(32(28)30)29-25(37)15-23(35(39)43)27(21)31(19)29/h11-18H,5-10H2,1-4H3/t17-,18-/m0/s1. The van der Waals surface area contributed by atoms with E-state index in [0.717, 1.165) is 38.5 Å². The Balaban J connectivity index is 1.54. The third-order valence-electron chi connectivity index (χ3n) is 9.64. The summed E-state index contributed by atoms with van der Waals surface area (Å²) in [6.07, 6.45) is 5.40. The van der Waals surface area contributed by atoms with Crippen LogP contribution in [0.3, 0.4) is 0 Å². The molecule has 0 aromatic heterocycles. The number of unbranched alkanes of at least 4 members (excludes halogenated alkanes) is 2. The molecule has 0 bridgehead atoms. The molecule has 44 heavy (non-hydrogen) atoms. The van der Waals surface area contributed by atoms with Gasteiger partial charge in [-0.25, -0.2) is 8.78 Å². The van der Waals surface area contributed by atoms with Gasteiger partial charge in [0.1, 0.15) is 21.6 Å². The third kappa shape index (κ3) is 3.83. The van der Waals surface area contributed by atoms with E-state index in [2.05, 4.69) is 13.8 Å². The third-order valence-corrected chi connectivity index (χ3v) is 10.5. The molecule has 0 fully saturated rings. The molecule has 0 N–H and O–H groups in total. The van der Waals surface area contributed by atoms with Crippen LogP contribution >= 0.6 is 24.4 Å². The lowest BCUT2D eigenvalue weighted by Crippen LogP contribution is -2.45. The molecule has 0 saturated heterocycles. The highest BCUT2D eigenvalue weighted by Gasteiger charge is 2.38. The predicted octanol–water partition coefficient (Wildman–Crippen LogP) is 9.44. The Morgan fingerprint density at radius 2 is 1.00 bits per heavy atom. The molecular weight excluding hydrogens is 595 g/mol. The number of hydrogen-bond acceptors (Lipinski definition) is 4. The fourth-order valence-electron chi connectivity index (χ4n) is 7.46. The molecular formula is C36H32F2N2O2S2. The summed E-state index contributed by atoms with van der Waals surface area (Å²) in [5, 5.41) is 3.59. The fourth-order valence-corrected chi connectivity index (χ4v) is 8.31. The first-order valence-corrected chi connectivity index (χ1v) is 16.3. The Bertz CT molecular complexity index is 1960. The van der Waals surface area contributed by atoms with Gasteiger partial charge in [0, 0.05) is 66.7 Å². The number of amides is 2. The van der Waals surface area contributed by atoms with Gasteiger partial charge in [-0.3, -0.25) is 19.4 Å². The van der Waals surface area contributed by atoms with Crippen molar-refractivity contribution >= 4 is 89.3 Å². The van der Waals surface area contributed by atoms with Gasteiger partial charge in [-0.05, 0) is 61.7 Å². The maximum absolute atomic E-state index is 16.4. The number of carbonyl (C=O) groups excluding carboxylic acids is 2. The highest BCUT2D eigenvalue weighted by Crippen LogP contribution is 2.48. The van der Waals surface area contributed by atoms with Crippen molar-refractivity contribution in [3.63, 3.8) is 0 Å². The Morgan fingerprint density at radius 1 is 0.614 bits per heavy atom. The van der Waals surface area contributed by atoms with Gasteiger partial charge in [-0.15, -0.1) is 0 Å². The molecule has 8 heteroatoms. The first kappa shape index (κ1) is 29.1. The molecule has 0 radical (unpaired) electrons. The van der Waals surface area contributed by atoms with Crippen molar-refractivity contribution < 1.29 is 18.4 Å². The van der Waals surface area contributed by atoms with Crippen molar-refractivity contribution in [2.75, 3.05) is 0 Å². The molecule has 2 atom stereocenters. The monoisotopic (exact) mass is 626 g/mol. The highest BCUT2D eigenvalue weighted by atomic mass is 32.1. The van der Waals surface area contributed by atoms with E-state index in [0.29, 0.717) is 64.5 Å². The SMILES string of the molecule is CCCC[C@H](C)N1C(=O)c2ccc3c4c(F)cc5c6c(ccc(c7c(F)cc(c2c37)C1=S)c64)C(=O)N([C@@H](C)CCCC)C5=S. The van der Waals surface area contributed by atoms with Crippen LogP contribution in [0.5, 0.6) is 0 Å². The highest BCUT2D eigenvalue weighted by molar-refractivity contribution is 7.81. The Kier molecular flexibility index (Phi) is 6.94. The maximum Gasteiger partial charge on any atom is 0.259 e. The zero-order valence-corrected chi connectivity index (χ0v) is 26.8. The number of carbonyl (C=O) groups is 2. The van der Waals surface area contributed by atoms with Crippen molar-refractivity contribution in [3.05, 3.63) is 70.3 Å². The second-order valence-electron chi connectivity index (χ2n) is 12.3. The van der Waals surface area contributed by atoms with E-state index in [1.54, 1.807) is 34.1 Å². The number of thiocarbonyl (C=S) groups is 2. The molecule has 0 aliphatic carbocycles. The first-order chi connectivity index (χ1) is 21.1. The van der Waals surface area contributed by atoms with Gasteiger partial charge in [0.05, 0.1) is 0 Å². The molecule has 7 rings (SSSR count). The van der Waals surface area contributed by atoms with Gasteiger partial charge in [-0.2, -0.15) is 0 Å². The molecule has 5 aromatic carbocycles. The van der Waals surface area contributed by atoms with Crippen molar-refractivity contribution in [2.45, 2.75) is 78.3 Å². The molecule has 2 aliphatic rings. The summed E-state index contributed by atoms with van der Waals surface area (Å²) in [6, 6.07) is 9.39. The largest absolute Gasteiger partial charge is 0.296 e. The number of halogens is 2. The zero-order chi connectivity index (χ0) is 31.2. The second-order valence-corrected chi connectivity index (χ2v) is 13.1. The minimum atomic E-state index is -0.505. The molecule has 2 amide bonds. The average molecular weight is 627 g/mol. The molecule has 5 aromatic rings. The molecule has 0 spiro atoms. The van der Waals surface area contributed by atoms with Crippen LogP contribution in [0.25, 0.3) is 43.1 Å². The molecule has 2 aliphatic heterocycles. The van der Waals surface area contributed by atoms with Crippen LogP contribution in [0, 0.1) is 11.6 Å². The Hall–Kier alpha value is -3.62. The van der Waals surface area contributed by atoms with E-state index < -0.39 is 11.6 Å². The molecule has 4 nitrogen and oxygen atoms in total. The average Bonchev–Trinajstić information content (AvgIpc) is 3.00. The maximum atomic E-state index is 16.4. The normalized spacial score (nSPS) is 16.4. The van der Waals surface area contributed by atoms with Crippen LogP contribution < -0.4 is 0 Å². The predicted molar refractivity (Wildman–Crippen MR) is 181 cm³/mol. The molecule has 224 valence electrons. The summed E-state index contributed by atoms with van der Waals surface area (Å²) in [5.41, 5.74) is 1.80. The van der Waals surface area contributed by atoms with E-state index in [4.69, 9.17) is 24.4 Å². The van der Waals surface area contributed by atoms with Gasteiger partial charge in [0.25, 0.3) is 11.8 Å². The number of nitrogens with zero attached hydrogens (tertiary/aromatic N) is 2. The summed E-state index contributed by atoms with van der Waals surface area (Å²) < 4.78 is 32.9. The van der Waals surface area contributed by atoms with Crippen molar-refractivity contribution in [3.8, 4) is 0 Å². The van der Waals surface area contributed by atoms with Crippen molar-refractivity contribution in [1.29, 1.82) is 0 Å². The second kappa shape index (κ2) is 10.5. The van der Waals surface area contributed by atoms with E-state index in [1.165, 1.54) is 12.1 Å². The number of benzene rings is 5. The number of hydrogen-bond donors (Lipinski definition) is 0.